The van der Waals surface area contributed by atoms with E-state index in [0.717, 1.165) is 44.1 Å². The molecule has 1 aromatic rings. The summed E-state index contributed by atoms with van der Waals surface area (Å²) >= 11 is 0. The van der Waals surface area contributed by atoms with E-state index in [0.29, 0.717) is 0 Å². The van der Waals surface area contributed by atoms with E-state index in [2.05, 4.69) is 41.7 Å². The molecule has 0 spiro atoms. The van der Waals surface area contributed by atoms with Crippen molar-refractivity contribution < 1.29 is 9.90 Å². The summed E-state index contributed by atoms with van der Waals surface area (Å²) in [5.74, 6) is -0.140. The van der Waals surface area contributed by atoms with Gasteiger partial charge in [-0.3, -0.25) is 0 Å². The molecule has 4 rings (SSSR count). The topological polar surface area (TPSA) is 76.4 Å². The summed E-state index contributed by atoms with van der Waals surface area (Å²) < 4.78 is 0. The summed E-state index contributed by atoms with van der Waals surface area (Å²) in [6.07, 6.45) is 11.4. The number of urea groups is 1. The zero-order valence-corrected chi connectivity index (χ0v) is 16.3. The molecular formula is C23H29N3O2. The van der Waals surface area contributed by atoms with Crippen LogP contribution in [-0.2, 0) is 0 Å². The van der Waals surface area contributed by atoms with E-state index in [4.69, 9.17) is 0 Å². The van der Waals surface area contributed by atoms with Crippen LogP contribution in [0, 0.1) is 11.3 Å². The van der Waals surface area contributed by atoms with Gasteiger partial charge in [-0.1, -0.05) is 43.2 Å². The molecule has 5 nitrogen and oxygen atoms in total. The Labute approximate surface area is 167 Å². The third-order valence-corrected chi connectivity index (χ3v) is 6.61. The van der Waals surface area contributed by atoms with Gasteiger partial charge in [-0.15, -0.1) is 0 Å². The lowest BCUT2D eigenvalue weighted by molar-refractivity contribution is 0.0158. The minimum Gasteiger partial charge on any atom is -0.394 e. The number of benzene rings is 1. The van der Waals surface area contributed by atoms with Gasteiger partial charge in [0.25, 0.3) is 0 Å². The van der Waals surface area contributed by atoms with E-state index in [1.165, 1.54) is 24.0 Å². The fraction of sp³-hybridized carbons (Fsp3) is 0.565. The Kier molecular flexibility index (Phi) is 5.68. The molecule has 2 fully saturated rings. The SMILES string of the molecule is N#C[C@@H]1[C@@H](c2ccc(C3=CCCCC3)cc2)[C@H](CO)N1C(=O)NC1CCCC1. The van der Waals surface area contributed by atoms with Gasteiger partial charge in [0.1, 0.15) is 6.04 Å². The number of carbonyl (C=O) groups excluding carboxylic acids is 1. The summed E-state index contributed by atoms with van der Waals surface area (Å²) in [6, 6.07) is 9.78. The minimum atomic E-state index is -0.529. The van der Waals surface area contributed by atoms with Crippen molar-refractivity contribution in [2.75, 3.05) is 6.61 Å². The van der Waals surface area contributed by atoms with E-state index < -0.39 is 6.04 Å². The first kappa shape index (κ1) is 19.0. The number of hydrogen-bond acceptors (Lipinski definition) is 3. The highest BCUT2D eigenvalue weighted by atomic mass is 16.3. The fourth-order valence-corrected chi connectivity index (χ4v) is 5.03. The molecule has 3 atom stereocenters. The number of amides is 2. The highest BCUT2D eigenvalue weighted by molar-refractivity contribution is 5.78. The Morgan fingerprint density at radius 2 is 1.93 bits per heavy atom. The van der Waals surface area contributed by atoms with Gasteiger partial charge in [-0.05, 0) is 55.2 Å². The Balaban J connectivity index is 1.48. The minimum absolute atomic E-state index is 0.131. The molecule has 1 heterocycles. The number of rotatable bonds is 4. The van der Waals surface area contributed by atoms with Crippen LogP contribution in [0.25, 0.3) is 5.57 Å². The third-order valence-electron chi connectivity index (χ3n) is 6.61. The van der Waals surface area contributed by atoms with E-state index in [1.54, 1.807) is 4.90 Å². The maximum absolute atomic E-state index is 12.7. The number of nitrogens with zero attached hydrogens (tertiary/aromatic N) is 2. The maximum Gasteiger partial charge on any atom is 0.319 e. The van der Waals surface area contributed by atoms with E-state index in [9.17, 15) is 15.2 Å². The number of allylic oxidation sites excluding steroid dienone is 2. The molecule has 0 radical (unpaired) electrons. The highest BCUT2D eigenvalue weighted by Gasteiger charge is 2.52. The Morgan fingerprint density at radius 3 is 2.54 bits per heavy atom. The van der Waals surface area contributed by atoms with Crippen LogP contribution in [-0.4, -0.2) is 40.8 Å². The van der Waals surface area contributed by atoms with Gasteiger partial charge in [0.2, 0.25) is 0 Å². The van der Waals surface area contributed by atoms with Crippen LogP contribution in [0.2, 0.25) is 0 Å². The van der Waals surface area contributed by atoms with Crippen molar-refractivity contribution in [1.29, 1.82) is 5.26 Å². The van der Waals surface area contributed by atoms with Crippen LogP contribution in [0.3, 0.4) is 0 Å². The second-order valence-corrected chi connectivity index (χ2v) is 8.28. The van der Waals surface area contributed by atoms with Crippen molar-refractivity contribution in [2.24, 2.45) is 0 Å². The monoisotopic (exact) mass is 379 g/mol. The first-order valence-electron chi connectivity index (χ1n) is 10.6. The first-order chi connectivity index (χ1) is 13.7. The molecule has 0 aromatic heterocycles. The zero-order chi connectivity index (χ0) is 19.5. The summed E-state index contributed by atoms with van der Waals surface area (Å²) in [5.41, 5.74) is 3.67. The van der Waals surface area contributed by atoms with Gasteiger partial charge in [0.05, 0.1) is 18.7 Å². The van der Waals surface area contributed by atoms with E-state index in [-0.39, 0.29) is 30.6 Å². The van der Waals surface area contributed by atoms with Crippen LogP contribution < -0.4 is 5.32 Å². The molecule has 3 aliphatic rings. The number of nitrogens with one attached hydrogen (secondary N) is 1. The molecule has 148 valence electrons. The number of aliphatic hydroxyl groups is 1. The molecule has 28 heavy (non-hydrogen) atoms. The molecule has 0 unspecified atom stereocenters. The van der Waals surface area contributed by atoms with Gasteiger partial charge in [0.15, 0.2) is 0 Å². The van der Waals surface area contributed by atoms with Crippen molar-refractivity contribution in [3.8, 4) is 6.07 Å². The number of hydrogen-bond donors (Lipinski definition) is 2. The quantitative estimate of drug-likeness (QED) is 0.832. The van der Waals surface area contributed by atoms with Crippen molar-refractivity contribution in [3.63, 3.8) is 0 Å². The van der Waals surface area contributed by atoms with Crippen molar-refractivity contribution in [3.05, 3.63) is 41.5 Å². The van der Waals surface area contributed by atoms with Crippen LogP contribution >= 0.6 is 0 Å². The Hall–Kier alpha value is -2.32. The molecule has 1 aliphatic heterocycles. The summed E-state index contributed by atoms with van der Waals surface area (Å²) in [6.45, 7) is -0.131. The van der Waals surface area contributed by atoms with E-state index in [1.807, 2.05) is 0 Å². The molecule has 1 saturated heterocycles. The number of likely N-dealkylation sites (tertiary alicyclic amines) is 1. The van der Waals surface area contributed by atoms with Gasteiger partial charge in [0, 0.05) is 12.0 Å². The second-order valence-electron chi connectivity index (χ2n) is 8.28. The van der Waals surface area contributed by atoms with E-state index >= 15 is 0 Å². The lowest BCUT2D eigenvalue weighted by atomic mass is 9.75. The van der Waals surface area contributed by atoms with Gasteiger partial charge >= 0.3 is 6.03 Å². The molecular weight excluding hydrogens is 350 g/mol. The maximum atomic E-state index is 12.7. The average Bonchev–Trinajstić information content (AvgIpc) is 3.22. The summed E-state index contributed by atoms with van der Waals surface area (Å²) in [7, 11) is 0. The summed E-state index contributed by atoms with van der Waals surface area (Å²) in [4.78, 5) is 14.2. The fourth-order valence-electron chi connectivity index (χ4n) is 5.03. The second kappa shape index (κ2) is 8.36. The Morgan fingerprint density at radius 1 is 1.18 bits per heavy atom. The third kappa shape index (κ3) is 3.54. The highest BCUT2D eigenvalue weighted by Crippen LogP contribution is 2.41. The number of aliphatic hydroxyl groups excluding tert-OH is 1. The first-order valence-corrected chi connectivity index (χ1v) is 10.6. The lowest BCUT2D eigenvalue weighted by Crippen LogP contribution is -2.67. The zero-order valence-electron chi connectivity index (χ0n) is 16.3. The normalized spacial score (nSPS) is 27.6. The molecule has 5 heteroatoms. The molecule has 2 N–H and O–H groups in total. The predicted molar refractivity (Wildman–Crippen MR) is 109 cm³/mol. The number of carbonyl (C=O) groups is 1. The predicted octanol–water partition coefficient (Wildman–Crippen LogP) is 3.95. The molecule has 1 aromatic carbocycles. The van der Waals surface area contributed by atoms with Crippen LogP contribution in [0.4, 0.5) is 4.79 Å². The van der Waals surface area contributed by atoms with Gasteiger partial charge < -0.3 is 15.3 Å². The standard InChI is InChI=1S/C23H29N3O2/c24-14-20-22(18-12-10-17(11-13-18)16-6-2-1-3-7-16)21(15-27)26(20)23(28)25-19-8-4-5-9-19/h6,10-13,19-22,27H,1-5,7-9,15H2,(H,25,28)/t20-,21+,22-/m1/s1. The largest absolute Gasteiger partial charge is 0.394 e. The van der Waals surface area contributed by atoms with Crippen molar-refractivity contribution in [2.45, 2.75) is 75.4 Å². The molecule has 2 amide bonds. The molecule has 0 bridgehead atoms. The van der Waals surface area contributed by atoms with Crippen LogP contribution in [0.5, 0.6) is 0 Å². The Bertz CT molecular complexity index is 774. The number of nitriles is 1. The molecule has 1 saturated carbocycles. The van der Waals surface area contributed by atoms with Crippen molar-refractivity contribution >= 4 is 11.6 Å². The van der Waals surface area contributed by atoms with Gasteiger partial charge in [-0.2, -0.15) is 5.26 Å². The van der Waals surface area contributed by atoms with Crippen LogP contribution in [0.1, 0.15) is 68.4 Å². The van der Waals surface area contributed by atoms with Crippen molar-refractivity contribution in [1.82, 2.24) is 10.2 Å². The average molecular weight is 380 g/mol. The van der Waals surface area contributed by atoms with Crippen LogP contribution in [0.15, 0.2) is 30.3 Å². The smallest absolute Gasteiger partial charge is 0.319 e. The molecule has 2 aliphatic carbocycles. The van der Waals surface area contributed by atoms with Gasteiger partial charge in [-0.25, -0.2) is 4.79 Å². The lowest BCUT2D eigenvalue weighted by Gasteiger charge is -2.51. The summed E-state index contributed by atoms with van der Waals surface area (Å²) in [5, 5.41) is 22.7.